The fraction of sp³-hybridized carbons (Fsp3) is 0.952. The van der Waals surface area contributed by atoms with E-state index in [4.69, 9.17) is 10.6 Å². The number of hydrogen-bond acceptors (Lipinski definition) is 7. The van der Waals surface area contributed by atoms with E-state index in [0.717, 1.165) is 51.2 Å². The number of hydrogen-bond donors (Lipinski definition) is 4. The number of nitrogens with one attached hydrogen (secondary N) is 3. The molecule has 4 heterocycles. The van der Waals surface area contributed by atoms with Crippen molar-refractivity contribution in [1.82, 2.24) is 25.9 Å². The number of carbonyl (C=O) groups is 1. The van der Waals surface area contributed by atoms with Gasteiger partial charge in [0.15, 0.2) is 0 Å². The number of piperidine rings is 2. The molecule has 0 aromatic carbocycles. The predicted molar refractivity (Wildman–Crippen MR) is 110 cm³/mol. The lowest BCUT2D eigenvalue weighted by Crippen LogP contribution is -2.56. The Morgan fingerprint density at radius 2 is 1.90 bits per heavy atom. The first kappa shape index (κ1) is 20.2. The maximum absolute atomic E-state index is 11.4. The van der Waals surface area contributed by atoms with Gasteiger partial charge in [-0.3, -0.25) is 24.7 Å². The van der Waals surface area contributed by atoms with E-state index in [9.17, 15) is 4.79 Å². The van der Waals surface area contributed by atoms with Crippen molar-refractivity contribution in [1.29, 1.82) is 0 Å². The van der Waals surface area contributed by atoms with Gasteiger partial charge in [-0.05, 0) is 76.3 Å². The van der Waals surface area contributed by atoms with Crippen LogP contribution in [0.15, 0.2) is 0 Å². The van der Waals surface area contributed by atoms with Crippen molar-refractivity contribution in [3.05, 3.63) is 0 Å². The third kappa shape index (κ3) is 4.62. The van der Waals surface area contributed by atoms with Crippen molar-refractivity contribution >= 4 is 5.91 Å². The lowest BCUT2D eigenvalue weighted by Gasteiger charge is -2.42. The molecule has 5 rings (SSSR count). The monoisotopic (exact) mass is 406 g/mol. The highest BCUT2D eigenvalue weighted by molar-refractivity contribution is 5.76. The van der Waals surface area contributed by atoms with E-state index in [1.165, 1.54) is 38.8 Å². The van der Waals surface area contributed by atoms with Crippen LogP contribution >= 0.6 is 0 Å². The summed E-state index contributed by atoms with van der Waals surface area (Å²) >= 11 is 0. The number of likely N-dealkylation sites (tertiary alicyclic amines) is 2. The van der Waals surface area contributed by atoms with Crippen molar-refractivity contribution in [2.75, 3.05) is 32.7 Å². The molecular formula is C21H38N6O2. The fourth-order valence-electron chi connectivity index (χ4n) is 5.87. The first-order valence-corrected chi connectivity index (χ1v) is 11.9. The molecule has 8 nitrogen and oxygen atoms in total. The largest absolute Gasteiger partial charge is 0.369 e. The average Bonchev–Trinajstić information content (AvgIpc) is 3.23. The van der Waals surface area contributed by atoms with Crippen molar-refractivity contribution in [3.63, 3.8) is 0 Å². The molecule has 1 amide bonds. The molecule has 29 heavy (non-hydrogen) atoms. The summed E-state index contributed by atoms with van der Waals surface area (Å²) in [6, 6.07) is 0.512. The maximum Gasteiger partial charge on any atom is 0.220 e. The van der Waals surface area contributed by atoms with Gasteiger partial charge in [0, 0.05) is 25.6 Å². The molecule has 5 N–H and O–H groups in total. The van der Waals surface area contributed by atoms with Gasteiger partial charge in [0.2, 0.25) is 5.91 Å². The Hall–Kier alpha value is -0.770. The molecule has 5 fully saturated rings. The van der Waals surface area contributed by atoms with E-state index in [0.29, 0.717) is 18.1 Å². The van der Waals surface area contributed by atoms with Crippen LogP contribution in [-0.4, -0.2) is 73.0 Å². The van der Waals surface area contributed by atoms with Crippen LogP contribution in [0.1, 0.15) is 51.4 Å². The third-order valence-corrected chi connectivity index (χ3v) is 7.88. The Kier molecular flexibility index (Phi) is 6.09. The highest BCUT2D eigenvalue weighted by atomic mass is 16.7. The summed E-state index contributed by atoms with van der Waals surface area (Å²) < 4.78 is 0. The van der Waals surface area contributed by atoms with Crippen LogP contribution in [0.4, 0.5) is 0 Å². The van der Waals surface area contributed by atoms with Crippen molar-refractivity contribution in [2.24, 2.45) is 23.5 Å². The van der Waals surface area contributed by atoms with Gasteiger partial charge in [-0.15, -0.1) is 0 Å². The number of rotatable bonds is 6. The third-order valence-electron chi connectivity index (χ3n) is 7.88. The van der Waals surface area contributed by atoms with Gasteiger partial charge in [-0.25, -0.2) is 0 Å². The van der Waals surface area contributed by atoms with Gasteiger partial charge >= 0.3 is 0 Å². The first-order valence-electron chi connectivity index (χ1n) is 11.9. The van der Waals surface area contributed by atoms with Gasteiger partial charge in [0.25, 0.3) is 0 Å². The zero-order chi connectivity index (χ0) is 19.8. The molecule has 164 valence electrons. The first-order chi connectivity index (χ1) is 14.2. The van der Waals surface area contributed by atoms with Crippen molar-refractivity contribution in [2.45, 2.75) is 76.0 Å². The van der Waals surface area contributed by atoms with Gasteiger partial charge in [-0.1, -0.05) is 0 Å². The van der Waals surface area contributed by atoms with Gasteiger partial charge in [-0.2, -0.15) is 5.48 Å². The summed E-state index contributed by atoms with van der Waals surface area (Å²) in [5, 5.41) is 7.48. The van der Waals surface area contributed by atoms with Gasteiger partial charge < -0.3 is 11.1 Å². The Bertz CT molecular complexity index is 580. The molecule has 5 atom stereocenters. The lowest BCUT2D eigenvalue weighted by atomic mass is 9.90. The maximum atomic E-state index is 11.4. The summed E-state index contributed by atoms with van der Waals surface area (Å²) in [6.45, 7) is 5.44. The molecular weight excluding hydrogens is 368 g/mol. The fourth-order valence-corrected chi connectivity index (χ4v) is 5.87. The average molecular weight is 407 g/mol. The number of amides is 1. The molecule has 1 saturated carbocycles. The van der Waals surface area contributed by atoms with Crippen LogP contribution in [0.2, 0.25) is 0 Å². The quantitative estimate of drug-likeness (QED) is 0.499. The highest BCUT2D eigenvalue weighted by Gasteiger charge is 2.42. The molecule has 4 aliphatic heterocycles. The minimum absolute atomic E-state index is 0.0583. The Balaban J connectivity index is 1.12. The number of hydroxylamine groups is 1. The minimum atomic E-state index is -0.135. The molecule has 8 heteroatoms. The van der Waals surface area contributed by atoms with E-state index < -0.39 is 0 Å². The summed E-state index contributed by atoms with van der Waals surface area (Å²) in [5.41, 5.74) is 8.84. The molecule has 4 saturated heterocycles. The van der Waals surface area contributed by atoms with E-state index in [1.54, 1.807) is 0 Å². The molecule has 4 unspecified atom stereocenters. The Labute approximate surface area is 174 Å². The van der Waals surface area contributed by atoms with E-state index in [1.807, 2.05) is 0 Å². The minimum Gasteiger partial charge on any atom is -0.369 e. The molecule has 0 aromatic heterocycles. The van der Waals surface area contributed by atoms with Crippen molar-refractivity contribution in [3.8, 4) is 0 Å². The van der Waals surface area contributed by atoms with E-state index in [2.05, 4.69) is 25.9 Å². The zero-order valence-corrected chi connectivity index (χ0v) is 17.5. The predicted octanol–water partition coefficient (Wildman–Crippen LogP) is 0.160. The summed E-state index contributed by atoms with van der Waals surface area (Å²) in [6.07, 6.45) is 10.1. The van der Waals surface area contributed by atoms with Crippen LogP contribution in [0, 0.1) is 17.8 Å². The van der Waals surface area contributed by atoms with Crippen LogP contribution < -0.4 is 21.8 Å². The lowest BCUT2D eigenvalue weighted by molar-refractivity contribution is -0.123. The smallest absolute Gasteiger partial charge is 0.220 e. The summed E-state index contributed by atoms with van der Waals surface area (Å²) in [5.74, 6) is 1.41. The van der Waals surface area contributed by atoms with E-state index in [-0.39, 0.29) is 24.2 Å². The Morgan fingerprint density at radius 1 is 1.07 bits per heavy atom. The van der Waals surface area contributed by atoms with Crippen molar-refractivity contribution < 1.29 is 9.63 Å². The molecule has 1 aliphatic carbocycles. The number of nitrogens with zero attached hydrogens (tertiary/aromatic N) is 2. The van der Waals surface area contributed by atoms with Crippen LogP contribution in [-0.2, 0) is 9.63 Å². The number of primary amides is 1. The normalized spacial score (nSPS) is 40.5. The molecule has 0 radical (unpaired) electrons. The number of carbonyl (C=O) groups excluding carboxylic acids is 1. The second-order valence-corrected chi connectivity index (χ2v) is 9.92. The zero-order valence-electron chi connectivity index (χ0n) is 17.5. The summed E-state index contributed by atoms with van der Waals surface area (Å²) in [7, 11) is 0. The number of nitrogens with two attached hydrogens (primary N) is 1. The topological polar surface area (TPSA) is 94.9 Å². The molecule has 0 spiro atoms. The van der Waals surface area contributed by atoms with Crippen LogP contribution in [0.25, 0.3) is 0 Å². The standard InChI is InChI=1S/C21H38N6O2/c22-19(28)15-6-10-26(11-7-15)18-12-16(5-8-23-18)20-24-21(29-25-20)17-2-1-9-27(17)13-14-3-4-14/h14-18,20-21,23-25H,1-13H2,(H2,22,28)/t16?,17-,18?,20?,21?/m1/s1. The van der Waals surface area contributed by atoms with Gasteiger partial charge in [0.05, 0.1) is 18.4 Å². The highest BCUT2D eigenvalue weighted by Crippen LogP contribution is 2.34. The second kappa shape index (κ2) is 8.77. The van der Waals surface area contributed by atoms with Crippen LogP contribution in [0.5, 0.6) is 0 Å². The molecule has 0 aromatic rings. The molecule has 5 aliphatic rings. The van der Waals surface area contributed by atoms with Gasteiger partial charge in [0.1, 0.15) is 6.23 Å². The second-order valence-electron chi connectivity index (χ2n) is 9.92. The molecule has 0 bridgehead atoms. The Morgan fingerprint density at radius 3 is 2.66 bits per heavy atom. The van der Waals surface area contributed by atoms with Crippen LogP contribution in [0.3, 0.4) is 0 Å². The SMILES string of the molecule is NC(=O)C1CCN(C2CC(C3NOC([C@H]4CCCN4CC4CC4)N3)CCN2)CC1. The van der Waals surface area contributed by atoms with E-state index >= 15 is 0 Å². The summed E-state index contributed by atoms with van der Waals surface area (Å²) in [4.78, 5) is 22.7.